The van der Waals surface area contributed by atoms with E-state index in [0.717, 1.165) is 17.2 Å². The fourth-order valence-corrected chi connectivity index (χ4v) is 1.41. The Morgan fingerprint density at radius 2 is 2.29 bits per heavy atom. The smallest absolute Gasteiger partial charge is 0.229 e. The fraction of sp³-hybridized carbons (Fsp3) is 0.125. The molecule has 0 spiro atoms. The molecular weight excluding hydrogens is 203 g/mol. The van der Waals surface area contributed by atoms with Crippen molar-refractivity contribution in [3.05, 3.63) is 29.6 Å². The van der Waals surface area contributed by atoms with Crippen molar-refractivity contribution in [1.82, 2.24) is 14.8 Å². The number of aryl methyl sites for hydroxylation is 1. The monoisotopic (exact) mass is 210 g/mol. The van der Waals surface area contributed by atoms with Crippen LogP contribution >= 0.6 is 11.5 Å². The van der Waals surface area contributed by atoms with E-state index in [1.807, 2.05) is 0 Å². The van der Waals surface area contributed by atoms with E-state index in [9.17, 15) is 4.39 Å². The van der Waals surface area contributed by atoms with Crippen LogP contribution in [0.5, 0.6) is 0 Å². The number of aromatic nitrogens is 3. The lowest BCUT2D eigenvalue weighted by atomic mass is 10.2. The summed E-state index contributed by atoms with van der Waals surface area (Å²) in [7, 11) is 0. The first-order valence-corrected chi connectivity index (χ1v) is 4.71. The van der Waals surface area contributed by atoms with Gasteiger partial charge in [-0.3, -0.25) is 0 Å². The topological polar surface area (TPSA) is 50.7 Å². The molecule has 0 radical (unpaired) electrons. The van der Waals surface area contributed by atoms with Gasteiger partial charge in [0.2, 0.25) is 5.13 Å². The molecule has 1 aromatic carbocycles. The Morgan fingerprint density at radius 3 is 2.93 bits per heavy atom. The van der Waals surface area contributed by atoms with Crippen molar-refractivity contribution in [2.24, 2.45) is 0 Å². The second-order valence-corrected chi connectivity index (χ2v) is 3.49. The average molecular weight is 210 g/mol. The van der Waals surface area contributed by atoms with Crippen molar-refractivity contribution >= 4 is 22.4 Å². The van der Waals surface area contributed by atoms with E-state index in [0.29, 0.717) is 10.7 Å². The molecule has 0 atom stereocenters. The normalized spacial score (nSPS) is 10.1. The van der Waals surface area contributed by atoms with Gasteiger partial charge in [0.1, 0.15) is 5.82 Å². The number of benzene rings is 1. The molecule has 1 N–H and O–H groups in total. The maximum Gasteiger partial charge on any atom is 0.229 e. The number of rotatable bonds is 2. The van der Waals surface area contributed by atoms with E-state index >= 15 is 0 Å². The minimum absolute atomic E-state index is 0.217. The predicted molar refractivity (Wildman–Crippen MR) is 52.1 cm³/mol. The van der Waals surface area contributed by atoms with Crippen molar-refractivity contribution in [2.75, 3.05) is 5.32 Å². The summed E-state index contributed by atoms with van der Waals surface area (Å²) in [6, 6.07) is 4.76. The minimum Gasteiger partial charge on any atom is -0.329 e. The number of nitrogens with zero attached hydrogens (tertiary/aromatic N) is 3. The molecule has 0 bridgehead atoms. The molecule has 1 heterocycles. The molecule has 0 fully saturated rings. The third kappa shape index (κ3) is 1.85. The van der Waals surface area contributed by atoms with Crippen LogP contribution in [0.15, 0.2) is 18.2 Å². The van der Waals surface area contributed by atoms with Crippen LogP contribution < -0.4 is 5.32 Å². The lowest BCUT2D eigenvalue weighted by Crippen LogP contribution is -1.91. The van der Waals surface area contributed by atoms with E-state index in [1.54, 1.807) is 19.1 Å². The third-order valence-corrected chi connectivity index (χ3v) is 2.22. The quantitative estimate of drug-likeness (QED) is 0.824. The molecule has 0 saturated heterocycles. The predicted octanol–water partition coefficient (Wildman–Crippen LogP) is 2.12. The lowest BCUT2D eigenvalue weighted by molar-refractivity contribution is 0.619. The Labute approximate surface area is 83.9 Å². The standard InChI is InChI=1S/C8H7FN4S/c1-5-4-6(2-3-7(5)9)10-8-11-12-13-14-8/h2-4H,1H3,(H,10,11,13). The zero-order valence-electron chi connectivity index (χ0n) is 7.36. The van der Waals surface area contributed by atoms with Gasteiger partial charge in [0.05, 0.1) is 0 Å². The molecule has 2 aromatic rings. The van der Waals surface area contributed by atoms with Crippen molar-refractivity contribution < 1.29 is 4.39 Å². The Morgan fingerprint density at radius 1 is 1.43 bits per heavy atom. The van der Waals surface area contributed by atoms with Gasteiger partial charge < -0.3 is 5.32 Å². The highest BCUT2D eigenvalue weighted by Crippen LogP contribution is 2.18. The molecule has 2 rings (SSSR count). The second kappa shape index (κ2) is 3.67. The molecule has 72 valence electrons. The molecule has 0 unspecified atom stereocenters. The summed E-state index contributed by atoms with van der Waals surface area (Å²) in [6.07, 6.45) is 0. The first-order valence-electron chi connectivity index (χ1n) is 3.94. The Balaban J connectivity index is 2.22. The summed E-state index contributed by atoms with van der Waals surface area (Å²) in [5, 5.41) is 10.7. The maximum atomic E-state index is 12.9. The average Bonchev–Trinajstić information content (AvgIpc) is 2.64. The highest BCUT2D eigenvalue weighted by molar-refractivity contribution is 7.09. The highest BCUT2D eigenvalue weighted by Gasteiger charge is 2.01. The van der Waals surface area contributed by atoms with E-state index in [4.69, 9.17) is 0 Å². The van der Waals surface area contributed by atoms with Crippen molar-refractivity contribution in [1.29, 1.82) is 0 Å². The molecule has 14 heavy (non-hydrogen) atoms. The summed E-state index contributed by atoms with van der Waals surface area (Å²) >= 11 is 1.15. The van der Waals surface area contributed by atoms with Gasteiger partial charge in [-0.1, -0.05) is 9.59 Å². The molecule has 0 saturated carbocycles. The lowest BCUT2D eigenvalue weighted by Gasteiger charge is -2.02. The van der Waals surface area contributed by atoms with Gasteiger partial charge in [-0.25, -0.2) is 4.39 Å². The number of anilines is 2. The van der Waals surface area contributed by atoms with E-state index < -0.39 is 0 Å². The van der Waals surface area contributed by atoms with Crippen molar-refractivity contribution in [2.45, 2.75) is 6.92 Å². The highest BCUT2D eigenvalue weighted by atomic mass is 32.1. The Hall–Kier alpha value is -1.56. The first-order chi connectivity index (χ1) is 6.75. The van der Waals surface area contributed by atoms with Crippen molar-refractivity contribution in [3.8, 4) is 0 Å². The molecule has 0 aliphatic heterocycles. The molecule has 1 aromatic heterocycles. The van der Waals surface area contributed by atoms with Crippen LogP contribution in [-0.2, 0) is 0 Å². The van der Waals surface area contributed by atoms with Gasteiger partial charge in [-0.05, 0) is 35.9 Å². The van der Waals surface area contributed by atoms with Gasteiger partial charge >= 0.3 is 0 Å². The molecule has 4 nitrogen and oxygen atoms in total. The second-order valence-electron chi connectivity index (χ2n) is 2.76. The van der Waals surface area contributed by atoms with Crippen LogP contribution in [0, 0.1) is 12.7 Å². The Kier molecular flexibility index (Phi) is 2.36. The molecular formula is C8H7FN4S. The number of nitrogens with one attached hydrogen (secondary N) is 1. The largest absolute Gasteiger partial charge is 0.329 e. The van der Waals surface area contributed by atoms with E-state index in [1.165, 1.54) is 6.07 Å². The number of hydrogen-bond donors (Lipinski definition) is 1. The summed E-state index contributed by atoms with van der Waals surface area (Å²) in [5.41, 5.74) is 1.37. The molecule has 0 aliphatic rings. The Bertz CT molecular complexity index is 429. The molecule has 0 amide bonds. The summed E-state index contributed by atoms with van der Waals surface area (Å²) < 4.78 is 16.5. The number of hydrogen-bond acceptors (Lipinski definition) is 5. The van der Waals surface area contributed by atoms with Gasteiger partial charge in [0.25, 0.3) is 0 Å². The van der Waals surface area contributed by atoms with Crippen LogP contribution in [0.25, 0.3) is 0 Å². The van der Waals surface area contributed by atoms with Crippen LogP contribution in [0.1, 0.15) is 5.56 Å². The van der Waals surface area contributed by atoms with Gasteiger partial charge in [0, 0.05) is 17.2 Å². The molecule has 6 heteroatoms. The van der Waals surface area contributed by atoms with Gasteiger partial charge in [-0.2, -0.15) is 0 Å². The summed E-state index contributed by atoms with van der Waals surface area (Å²) in [6.45, 7) is 1.71. The summed E-state index contributed by atoms with van der Waals surface area (Å²) in [5.74, 6) is -0.217. The van der Waals surface area contributed by atoms with E-state index in [-0.39, 0.29) is 5.82 Å². The van der Waals surface area contributed by atoms with Crippen LogP contribution in [0.2, 0.25) is 0 Å². The van der Waals surface area contributed by atoms with E-state index in [2.05, 4.69) is 20.1 Å². The zero-order valence-corrected chi connectivity index (χ0v) is 8.18. The summed E-state index contributed by atoms with van der Waals surface area (Å²) in [4.78, 5) is 0. The van der Waals surface area contributed by atoms with Crippen molar-refractivity contribution in [3.63, 3.8) is 0 Å². The minimum atomic E-state index is -0.217. The molecule has 0 aliphatic carbocycles. The third-order valence-electron chi connectivity index (χ3n) is 1.71. The first kappa shape index (κ1) is 9.01. The van der Waals surface area contributed by atoms with Crippen LogP contribution in [-0.4, -0.2) is 14.8 Å². The zero-order chi connectivity index (χ0) is 9.97. The SMILES string of the molecule is Cc1cc(Nc2nnns2)ccc1F. The number of halogens is 1. The van der Waals surface area contributed by atoms with Crippen LogP contribution in [0.4, 0.5) is 15.2 Å². The maximum absolute atomic E-state index is 12.9. The van der Waals surface area contributed by atoms with Crippen LogP contribution in [0.3, 0.4) is 0 Å². The van der Waals surface area contributed by atoms with Gasteiger partial charge in [0.15, 0.2) is 0 Å². The van der Waals surface area contributed by atoms with Gasteiger partial charge in [-0.15, -0.1) is 0 Å². The fourth-order valence-electron chi connectivity index (χ4n) is 1.03.